The van der Waals surface area contributed by atoms with Crippen molar-refractivity contribution in [2.75, 3.05) is 20.1 Å². The van der Waals surface area contributed by atoms with Crippen molar-refractivity contribution in [2.45, 2.75) is 13.3 Å². The molecule has 3 amide bonds. The Labute approximate surface area is 94.6 Å². The van der Waals surface area contributed by atoms with Crippen molar-refractivity contribution in [3.05, 3.63) is 24.2 Å². The van der Waals surface area contributed by atoms with E-state index in [1.165, 1.54) is 0 Å². The van der Waals surface area contributed by atoms with Crippen molar-refractivity contribution in [1.82, 2.24) is 10.2 Å². The van der Waals surface area contributed by atoms with Gasteiger partial charge in [-0.25, -0.2) is 9.69 Å². The van der Waals surface area contributed by atoms with Crippen molar-refractivity contribution in [3.63, 3.8) is 0 Å². The number of nitrogens with zero attached hydrogens (tertiary/aromatic N) is 2. The van der Waals surface area contributed by atoms with E-state index in [1.54, 1.807) is 4.90 Å². The van der Waals surface area contributed by atoms with Gasteiger partial charge in [-0.05, 0) is 13.0 Å². The number of imide groups is 1. The third kappa shape index (κ3) is 1.63. The van der Waals surface area contributed by atoms with Gasteiger partial charge in [-0.2, -0.15) is 0 Å². The van der Waals surface area contributed by atoms with E-state index < -0.39 is 0 Å². The number of nitrogens with one attached hydrogen (secondary N) is 1. The number of carbonyl (C=O) groups excluding carboxylic acids is 2. The molecule has 1 N–H and O–H groups in total. The third-order valence-corrected chi connectivity index (χ3v) is 3.17. The van der Waals surface area contributed by atoms with Crippen molar-refractivity contribution in [1.29, 1.82) is 0 Å². The van der Waals surface area contributed by atoms with Crippen molar-refractivity contribution in [3.8, 4) is 0 Å². The van der Waals surface area contributed by atoms with E-state index in [0.717, 1.165) is 12.4 Å². The summed E-state index contributed by atoms with van der Waals surface area (Å²) in [7, 11) is 2.04. The average Bonchev–Trinajstić information content (AvgIpc) is 2.62. The van der Waals surface area contributed by atoms with Gasteiger partial charge in [0.25, 0.3) is 0 Å². The first kappa shape index (κ1) is 10.9. The lowest BCUT2D eigenvalue weighted by atomic mass is 10.3. The molecule has 5 nitrogen and oxygen atoms in total. The Kier molecular flexibility index (Phi) is 2.55. The number of hydrogen-bond donors (Lipinski definition) is 1. The first-order valence-corrected chi connectivity index (χ1v) is 5.43. The Morgan fingerprint density at radius 2 is 2.25 bits per heavy atom. The summed E-state index contributed by atoms with van der Waals surface area (Å²) in [6.45, 7) is 3.41. The highest BCUT2D eigenvalue weighted by Crippen LogP contribution is 2.26. The van der Waals surface area contributed by atoms with E-state index in [2.05, 4.69) is 12.2 Å². The quantitative estimate of drug-likeness (QED) is 0.701. The zero-order chi connectivity index (χ0) is 11.8. The van der Waals surface area contributed by atoms with Gasteiger partial charge in [0.15, 0.2) is 0 Å². The summed E-state index contributed by atoms with van der Waals surface area (Å²) in [5.74, 6) is 0.728. The highest BCUT2D eigenvalue weighted by Gasteiger charge is 2.37. The second kappa shape index (κ2) is 3.75. The Morgan fingerprint density at radius 1 is 1.50 bits per heavy atom. The number of quaternary nitrogens is 1. The molecule has 0 spiro atoms. The zero-order valence-corrected chi connectivity index (χ0v) is 9.56. The van der Waals surface area contributed by atoms with Crippen LogP contribution in [-0.4, -0.2) is 41.5 Å². The molecular formula is C11H16N3O2+. The predicted molar refractivity (Wildman–Crippen MR) is 58.8 cm³/mol. The molecule has 0 aromatic rings. The van der Waals surface area contributed by atoms with Crippen molar-refractivity contribution in [2.24, 2.45) is 0 Å². The lowest BCUT2D eigenvalue weighted by molar-refractivity contribution is -0.824. The van der Waals surface area contributed by atoms with Gasteiger partial charge in [-0.1, -0.05) is 0 Å². The molecule has 1 atom stereocenters. The molecule has 16 heavy (non-hydrogen) atoms. The summed E-state index contributed by atoms with van der Waals surface area (Å²) in [6.07, 6.45) is 6.28. The summed E-state index contributed by atoms with van der Waals surface area (Å²) >= 11 is 0. The smallest absolute Gasteiger partial charge is 0.277 e. The van der Waals surface area contributed by atoms with Crippen LogP contribution in [0.4, 0.5) is 4.79 Å². The van der Waals surface area contributed by atoms with Crippen LogP contribution in [0.3, 0.4) is 0 Å². The van der Waals surface area contributed by atoms with Crippen LogP contribution < -0.4 is 5.32 Å². The molecule has 1 fully saturated rings. The molecule has 5 heteroatoms. The van der Waals surface area contributed by atoms with E-state index in [4.69, 9.17) is 0 Å². The Balaban J connectivity index is 2.20. The Bertz CT molecular complexity index is 400. The van der Waals surface area contributed by atoms with Crippen molar-refractivity contribution >= 4 is 11.9 Å². The van der Waals surface area contributed by atoms with E-state index in [0.29, 0.717) is 17.4 Å². The molecule has 0 saturated carbocycles. The second-order valence-electron chi connectivity index (χ2n) is 4.21. The Hall–Kier alpha value is -1.62. The van der Waals surface area contributed by atoms with E-state index in [1.807, 2.05) is 25.4 Å². The molecule has 2 aliphatic rings. The molecule has 2 aliphatic heterocycles. The van der Waals surface area contributed by atoms with Crippen LogP contribution in [-0.2, 0) is 4.79 Å². The fourth-order valence-electron chi connectivity index (χ4n) is 1.98. The van der Waals surface area contributed by atoms with Gasteiger partial charge in [-0.3, -0.25) is 14.6 Å². The van der Waals surface area contributed by atoms with Crippen LogP contribution in [0.5, 0.6) is 0 Å². The zero-order valence-electron chi connectivity index (χ0n) is 9.56. The number of carbonyl (C=O) groups is 2. The van der Waals surface area contributed by atoms with Gasteiger partial charge < -0.3 is 0 Å². The van der Waals surface area contributed by atoms with Gasteiger partial charge in [-0.15, -0.1) is 0 Å². The summed E-state index contributed by atoms with van der Waals surface area (Å²) < 4.78 is 0.599. The lowest BCUT2D eigenvalue weighted by Gasteiger charge is -2.35. The first-order valence-electron chi connectivity index (χ1n) is 5.43. The molecule has 2 rings (SSSR count). The van der Waals surface area contributed by atoms with Gasteiger partial charge in [0, 0.05) is 19.0 Å². The normalized spacial score (nSPS) is 29.4. The first-order chi connectivity index (χ1) is 7.57. The Morgan fingerprint density at radius 3 is 2.88 bits per heavy atom. The fourth-order valence-corrected chi connectivity index (χ4v) is 1.98. The minimum atomic E-state index is -0.316. The maximum atomic E-state index is 11.7. The molecule has 0 bridgehead atoms. The van der Waals surface area contributed by atoms with Crippen molar-refractivity contribution < 1.29 is 14.1 Å². The number of amides is 3. The van der Waals surface area contributed by atoms with Gasteiger partial charge in [0.2, 0.25) is 11.7 Å². The van der Waals surface area contributed by atoms with Crippen LogP contribution in [0, 0.1) is 0 Å². The van der Waals surface area contributed by atoms with Gasteiger partial charge >= 0.3 is 6.03 Å². The molecule has 0 aliphatic carbocycles. The highest BCUT2D eigenvalue weighted by molar-refractivity contribution is 5.97. The van der Waals surface area contributed by atoms with Gasteiger partial charge in [0.05, 0.1) is 13.6 Å². The minimum Gasteiger partial charge on any atom is -0.277 e. The summed E-state index contributed by atoms with van der Waals surface area (Å²) in [4.78, 5) is 24.4. The lowest BCUT2D eigenvalue weighted by Crippen LogP contribution is -2.54. The largest absolute Gasteiger partial charge is 0.332 e. The van der Waals surface area contributed by atoms with E-state index >= 15 is 0 Å². The average molecular weight is 222 g/mol. The SMILES string of the molecule is CC[N+]1(C)C=CC=C1N1CCC(=O)NC1=O. The standard InChI is InChI=1S/C11H15N3O2/c1-3-14(2)8-4-5-10(14)13-7-6-9(15)12-11(13)16/h4-5,8H,3,6-7H2,1-2H3/p+1. The molecular weight excluding hydrogens is 206 g/mol. The highest BCUT2D eigenvalue weighted by atomic mass is 16.2. The summed E-state index contributed by atoms with van der Waals surface area (Å²) in [6, 6.07) is -0.316. The van der Waals surface area contributed by atoms with Crippen LogP contribution in [0.2, 0.25) is 0 Å². The second-order valence-corrected chi connectivity index (χ2v) is 4.21. The van der Waals surface area contributed by atoms with Crippen LogP contribution in [0.15, 0.2) is 24.2 Å². The number of rotatable bonds is 2. The predicted octanol–water partition coefficient (Wildman–Crippen LogP) is 0.764. The van der Waals surface area contributed by atoms with E-state index in [9.17, 15) is 9.59 Å². The minimum absolute atomic E-state index is 0.196. The molecule has 1 saturated heterocycles. The molecule has 2 heterocycles. The van der Waals surface area contributed by atoms with Gasteiger partial charge in [0.1, 0.15) is 6.20 Å². The maximum absolute atomic E-state index is 11.7. The summed E-state index contributed by atoms with van der Waals surface area (Å²) in [5.41, 5.74) is 0. The van der Waals surface area contributed by atoms with Crippen LogP contribution in [0.25, 0.3) is 0 Å². The van der Waals surface area contributed by atoms with E-state index in [-0.39, 0.29) is 11.9 Å². The van der Waals surface area contributed by atoms with Crippen LogP contribution in [0.1, 0.15) is 13.3 Å². The fraction of sp³-hybridized carbons (Fsp3) is 0.455. The molecule has 0 radical (unpaired) electrons. The topological polar surface area (TPSA) is 49.4 Å². The number of hydrogen-bond acceptors (Lipinski definition) is 2. The van der Waals surface area contributed by atoms with Crippen LogP contribution >= 0.6 is 0 Å². The number of urea groups is 1. The summed E-state index contributed by atoms with van der Waals surface area (Å²) in [5, 5.41) is 2.34. The molecule has 0 aromatic carbocycles. The third-order valence-electron chi connectivity index (χ3n) is 3.17. The molecule has 86 valence electrons. The number of allylic oxidation sites excluding steroid dienone is 2. The molecule has 1 unspecified atom stereocenters. The molecule has 0 aromatic heterocycles. The monoisotopic (exact) mass is 222 g/mol. The maximum Gasteiger partial charge on any atom is 0.332 e.